The number of benzene rings is 2. The summed E-state index contributed by atoms with van der Waals surface area (Å²) in [7, 11) is 0. The highest BCUT2D eigenvalue weighted by atomic mass is 16.4. The van der Waals surface area contributed by atoms with Gasteiger partial charge in [0.1, 0.15) is 11.3 Å². The average molecular weight is 406 g/mol. The van der Waals surface area contributed by atoms with Crippen molar-refractivity contribution in [1.29, 1.82) is 0 Å². The molecule has 2 aromatic carbocycles. The molecule has 1 aliphatic heterocycles. The molecule has 3 N–H and O–H groups in total. The Bertz CT molecular complexity index is 1150. The molecule has 6 heteroatoms. The number of nitrogens with one attached hydrogen (secondary N) is 2. The molecule has 0 spiro atoms. The van der Waals surface area contributed by atoms with E-state index in [0.29, 0.717) is 16.7 Å². The number of carboxylic acids is 1. The number of anilines is 1. The van der Waals surface area contributed by atoms with Crippen LogP contribution in [0, 0.1) is 6.92 Å². The largest absolute Gasteiger partial charge is 0.478 e. The van der Waals surface area contributed by atoms with E-state index < -0.39 is 5.97 Å². The topological polar surface area (TPSA) is 91.6 Å². The second-order valence-corrected chi connectivity index (χ2v) is 7.98. The third-order valence-corrected chi connectivity index (χ3v) is 5.76. The number of carboxylic acid groups (broad SMARTS) is 1. The molecule has 1 saturated heterocycles. The normalized spacial score (nSPS) is 15.8. The molecule has 3 aromatic rings. The van der Waals surface area contributed by atoms with Crippen molar-refractivity contribution in [3.05, 3.63) is 75.1 Å². The third kappa shape index (κ3) is 3.96. The van der Waals surface area contributed by atoms with Crippen molar-refractivity contribution in [1.82, 2.24) is 5.32 Å². The van der Waals surface area contributed by atoms with Crippen molar-refractivity contribution in [2.45, 2.75) is 38.6 Å². The molecule has 0 saturated carbocycles. The highest BCUT2D eigenvalue weighted by molar-refractivity contribution is 5.94. The molecule has 0 bridgehead atoms. The van der Waals surface area contributed by atoms with Gasteiger partial charge in [-0.3, -0.25) is 4.79 Å². The number of aromatic carboxylic acids is 1. The maximum atomic E-state index is 12.9. The van der Waals surface area contributed by atoms with E-state index in [0.717, 1.165) is 42.8 Å². The zero-order valence-corrected chi connectivity index (χ0v) is 17.2. The van der Waals surface area contributed by atoms with Crippen LogP contribution in [0.5, 0.6) is 0 Å². The molecule has 0 amide bonds. The summed E-state index contributed by atoms with van der Waals surface area (Å²) in [5, 5.41) is 16.7. The quantitative estimate of drug-likeness (QED) is 0.580. The molecule has 156 valence electrons. The van der Waals surface area contributed by atoms with E-state index in [1.54, 1.807) is 30.3 Å². The van der Waals surface area contributed by atoms with Crippen molar-refractivity contribution in [3.8, 4) is 0 Å². The van der Waals surface area contributed by atoms with E-state index >= 15 is 0 Å². The Labute approximate surface area is 174 Å². The summed E-state index contributed by atoms with van der Waals surface area (Å²) < 4.78 is 6.32. The zero-order valence-electron chi connectivity index (χ0n) is 17.2. The van der Waals surface area contributed by atoms with Gasteiger partial charge in [-0.1, -0.05) is 18.2 Å². The monoisotopic (exact) mass is 406 g/mol. The maximum Gasteiger partial charge on any atom is 0.337 e. The van der Waals surface area contributed by atoms with Crippen LogP contribution in [0.15, 0.2) is 51.7 Å². The van der Waals surface area contributed by atoms with Crippen LogP contribution < -0.4 is 16.1 Å². The minimum Gasteiger partial charge on any atom is -0.478 e. The predicted molar refractivity (Wildman–Crippen MR) is 118 cm³/mol. The van der Waals surface area contributed by atoms with Crippen LogP contribution in [-0.4, -0.2) is 24.2 Å². The van der Waals surface area contributed by atoms with E-state index in [2.05, 4.69) is 10.6 Å². The van der Waals surface area contributed by atoms with Crippen LogP contribution >= 0.6 is 0 Å². The van der Waals surface area contributed by atoms with Gasteiger partial charge in [-0.2, -0.15) is 0 Å². The molecular formula is C24H26N2O4. The maximum absolute atomic E-state index is 12.9. The Balaban J connectivity index is 1.78. The number of para-hydroxylation sites is 1. The van der Waals surface area contributed by atoms with Gasteiger partial charge in [-0.25, -0.2) is 4.79 Å². The number of rotatable bonds is 5. The smallest absolute Gasteiger partial charge is 0.337 e. The summed E-state index contributed by atoms with van der Waals surface area (Å²) in [5.74, 6) is -0.0233. The van der Waals surface area contributed by atoms with E-state index in [1.165, 1.54) is 0 Å². The van der Waals surface area contributed by atoms with Crippen LogP contribution in [-0.2, 0) is 0 Å². The van der Waals surface area contributed by atoms with Gasteiger partial charge in [-0.15, -0.1) is 0 Å². The summed E-state index contributed by atoms with van der Waals surface area (Å²) in [6.45, 7) is 5.72. The van der Waals surface area contributed by atoms with Crippen molar-refractivity contribution in [2.24, 2.45) is 0 Å². The highest BCUT2D eigenvalue weighted by Crippen LogP contribution is 2.32. The molecule has 6 nitrogen and oxygen atoms in total. The van der Waals surface area contributed by atoms with Crippen molar-refractivity contribution >= 4 is 22.6 Å². The third-order valence-electron chi connectivity index (χ3n) is 5.76. The lowest BCUT2D eigenvalue weighted by molar-refractivity contribution is 0.0698. The van der Waals surface area contributed by atoms with Crippen LogP contribution in [0.3, 0.4) is 0 Å². The Morgan fingerprint density at radius 1 is 1.20 bits per heavy atom. The Morgan fingerprint density at radius 3 is 2.67 bits per heavy atom. The summed E-state index contributed by atoms with van der Waals surface area (Å²) in [4.78, 5) is 24.5. The van der Waals surface area contributed by atoms with E-state index in [9.17, 15) is 14.7 Å². The molecule has 0 radical (unpaired) electrons. The first-order valence-corrected chi connectivity index (χ1v) is 10.3. The summed E-state index contributed by atoms with van der Waals surface area (Å²) in [6, 6.07) is 12.1. The van der Waals surface area contributed by atoms with Crippen molar-refractivity contribution in [3.63, 3.8) is 0 Å². The Kier molecular flexibility index (Phi) is 5.59. The SMILES string of the molecule is Cc1cc(C(C)Nc2ccccc2C(=O)O)c2oc(C3CCNCC3)cc(=O)c2c1. The molecular weight excluding hydrogens is 380 g/mol. The van der Waals surface area contributed by atoms with Crippen LogP contribution in [0.4, 0.5) is 5.69 Å². The number of carbonyl (C=O) groups is 1. The minimum atomic E-state index is -0.987. The number of hydrogen-bond donors (Lipinski definition) is 3. The summed E-state index contributed by atoms with van der Waals surface area (Å²) >= 11 is 0. The molecule has 1 aliphatic rings. The molecule has 2 heterocycles. The predicted octanol–water partition coefficient (Wildman–Crippen LogP) is 4.44. The molecule has 1 fully saturated rings. The lowest BCUT2D eigenvalue weighted by atomic mass is 9.94. The van der Waals surface area contributed by atoms with Crippen LogP contribution in [0.1, 0.15) is 59.0 Å². The Hall–Kier alpha value is -3.12. The molecule has 0 aliphatic carbocycles. The van der Waals surface area contributed by atoms with Crippen molar-refractivity contribution in [2.75, 3.05) is 18.4 Å². The molecule has 4 rings (SSSR count). The van der Waals surface area contributed by atoms with E-state index in [1.807, 2.05) is 26.0 Å². The van der Waals surface area contributed by atoms with Crippen molar-refractivity contribution < 1.29 is 14.3 Å². The van der Waals surface area contributed by atoms with Gasteiger partial charge in [0.15, 0.2) is 5.43 Å². The van der Waals surface area contributed by atoms with Crippen LogP contribution in [0.25, 0.3) is 11.0 Å². The van der Waals surface area contributed by atoms with Crippen LogP contribution in [0.2, 0.25) is 0 Å². The van der Waals surface area contributed by atoms with Gasteiger partial charge in [0.05, 0.1) is 17.0 Å². The molecule has 1 unspecified atom stereocenters. The van der Waals surface area contributed by atoms with Gasteiger partial charge in [0, 0.05) is 23.2 Å². The van der Waals surface area contributed by atoms with Gasteiger partial charge in [0.2, 0.25) is 0 Å². The minimum absolute atomic E-state index is 0.0344. The van der Waals surface area contributed by atoms with Gasteiger partial charge in [0.25, 0.3) is 0 Å². The molecule has 1 atom stereocenters. The first-order valence-electron chi connectivity index (χ1n) is 10.3. The summed E-state index contributed by atoms with van der Waals surface area (Å²) in [5.41, 5.74) is 3.09. The first-order chi connectivity index (χ1) is 14.4. The molecule has 30 heavy (non-hydrogen) atoms. The highest BCUT2D eigenvalue weighted by Gasteiger charge is 2.22. The fraction of sp³-hybridized carbons (Fsp3) is 0.333. The fourth-order valence-corrected chi connectivity index (χ4v) is 4.19. The molecule has 1 aromatic heterocycles. The lowest BCUT2D eigenvalue weighted by Crippen LogP contribution is -2.27. The fourth-order valence-electron chi connectivity index (χ4n) is 4.19. The lowest BCUT2D eigenvalue weighted by Gasteiger charge is -2.23. The van der Waals surface area contributed by atoms with Gasteiger partial charge in [-0.05, 0) is 63.5 Å². The standard InChI is InChI=1S/C24H26N2O4/c1-14-11-18(15(2)26-20-6-4-3-5-17(20)24(28)29)23-19(12-14)21(27)13-22(30-23)16-7-9-25-10-8-16/h3-6,11-13,15-16,25-26H,7-10H2,1-2H3,(H,28,29). The number of piperidine rings is 1. The second-order valence-electron chi connectivity index (χ2n) is 7.98. The Morgan fingerprint density at radius 2 is 1.93 bits per heavy atom. The zero-order chi connectivity index (χ0) is 21.3. The van der Waals surface area contributed by atoms with Gasteiger partial charge < -0.3 is 20.2 Å². The number of fused-ring (bicyclic) bond motifs is 1. The first kappa shape index (κ1) is 20.2. The van der Waals surface area contributed by atoms with E-state index in [-0.39, 0.29) is 23.0 Å². The summed E-state index contributed by atoms with van der Waals surface area (Å²) in [6.07, 6.45) is 1.88. The number of aryl methyl sites for hydroxylation is 1. The average Bonchev–Trinajstić information content (AvgIpc) is 2.74. The number of hydrogen-bond acceptors (Lipinski definition) is 5. The van der Waals surface area contributed by atoms with Gasteiger partial charge >= 0.3 is 5.97 Å². The second kappa shape index (κ2) is 8.32. The van der Waals surface area contributed by atoms with E-state index in [4.69, 9.17) is 4.42 Å².